The molecule has 0 amide bonds. The van der Waals surface area contributed by atoms with Crippen LogP contribution in [0.1, 0.15) is 11.6 Å². The molecule has 0 bridgehead atoms. The zero-order chi connectivity index (χ0) is 30.9. The Labute approximate surface area is 263 Å². The minimum absolute atomic E-state index is 0.126. The van der Waals surface area contributed by atoms with Gasteiger partial charge in [0, 0.05) is 7.05 Å². The fraction of sp³-hybridized carbons (Fsp3) is 0.154. The third kappa shape index (κ3) is 6.24. The summed E-state index contributed by atoms with van der Waals surface area (Å²) < 4.78 is 2.12. The first kappa shape index (κ1) is 30.6. The number of hydroxylamine groups is 2. The average Bonchev–Trinajstić information content (AvgIpc) is 3.44. The molecule has 5 aromatic rings. The van der Waals surface area contributed by atoms with Crippen molar-refractivity contribution in [3.63, 3.8) is 0 Å². The molecule has 4 nitrogen and oxygen atoms in total. The molecule has 1 unspecified atom stereocenters. The quantitative estimate of drug-likeness (QED) is 0.125. The van der Waals surface area contributed by atoms with Gasteiger partial charge in [-0.25, -0.2) is 0 Å². The van der Waals surface area contributed by atoms with Crippen molar-refractivity contribution in [3.05, 3.63) is 169 Å². The molecule has 0 N–H and O–H groups in total. The summed E-state index contributed by atoms with van der Waals surface area (Å²) in [4.78, 5) is 7.73. The summed E-state index contributed by atoms with van der Waals surface area (Å²) >= 11 is 0. The van der Waals surface area contributed by atoms with E-state index in [1.165, 1.54) is 33.0 Å². The molecule has 222 valence electrons. The number of amidine groups is 1. The molecule has 0 aromatic heterocycles. The van der Waals surface area contributed by atoms with Gasteiger partial charge < -0.3 is 4.84 Å². The predicted octanol–water partition coefficient (Wildman–Crippen LogP) is 4.78. The Kier molecular flexibility index (Phi) is 9.78. The van der Waals surface area contributed by atoms with Crippen LogP contribution in [0.3, 0.4) is 0 Å². The molecule has 0 fully saturated rings. The van der Waals surface area contributed by atoms with Gasteiger partial charge in [-0.15, -0.1) is 5.06 Å². The van der Waals surface area contributed by atoms with E-state index in [-0.39, 0.29) is 6.04 Å². The SMILES string of the molecule is CN(C)C(C1=CON(C)C1c1ccccc1)=[N+](C)C.c1ccc([B-](c2ccccc2)(c2ccccc2)c2ccccc2)cc1. The van der Waals surface area contributed by atoms with Crippen LogP contribution in [0, 0.1) is 0 Å². The van der Waals surface area contributed by atoms with Gasteiger partial charge in [-0.1, -0.05) is 152 Å². The summed E-state index contributed by atoms with van der Waals surface area (Å²) in [6.45, 7) is 0. The summed E-state index contributed by atoms with van der Waals surface area (Å²) in [5.41, 5.74) is 7.76. The molecule has 0 aliphatic carbocycles. The first-order chi connectivity index (χ1) is 21.4. The van der Waals surface area contributed by atoms with Crippen LogP contribution in [0.15, 0.2) is 163 Å². The molecule has 1 atom stereocenters. The molecule has 1 aliphatic rings. The minimum Gasteiger partial charge on any atom is -0.412 e. The van der Waals surface area contributed by atoms with E-state index in [0.29, 0.717) is 0 Å². The van der Waals surface area contributed by atoms with Crippen molar-refractivity contribution in [2.24, 2.45) is 0 Å². The fourth-order valence-electron chi connectivity index (χ4n) is 6.70. The van der Waals surface area contributed by atoms with Gasteiger partial charge >= 0.3 is 0 Å². The predicted molar refractivity (Wildman–Crippen MR) is 187 cm³/mol. The molecule has 1 aliphatic heterocycles. The third-order valence-corrected chi connectivity index (χ3v) is 8.42. The highest BCUT2D eigenvalue weighted by Crippen LogP contribution is 2.33. The Morgan fingerprint density at radius 3 is 1.25 bits per heavy atom. The van der Waals surface area contributed by atoms with Crippen molar-refractivity contribution in [2.75, 3.05) is 35.2 Å². The van der Waals surface area contributed by atoms with Crippen molar-refractivity contribution in [3.8, 4) is 0 Å². The van der Waals surface area contributed by atoms with E-state index in [2.05, 4.69) is 183 Å². The summed E-state index contributed by atoms with van der Waals surface area (Å²) in [7, 11) is 10.2. The van der Waals surface area contributed by atoms with Gasteiger partial charge in [-0.2, -0.15) is 21.9 Å². The average molecular weight is 580 g/mol. The standard InChI is InChI=1S/C24H20B.C15H22N3O/c1-5-13-21(14-6-1)25(22-15-7-2-8-16-22,23-17-9-3-10-18-23)24-19-11-4-12-20-24;1-16(2)15(17(3)4)13-11-19-18(5)14(13)12-9-7-6-8-10-12/h1-20H;6-11,14H,1-5H3/q-1;+1. The Morgan fingerprint density at radius 2 is 0.932 bits per heavy atom. The van der Waals surface area contributed by atoms with Crippen LogP contribution in [0.4, 0.5) is 0 Å². The van der Waals surface area contributed by atoms with Crippen LogP contribution in [-0.2, 0) is 4.84 Å². The lowest BCUT2D eigenvalue weighted by atomic mass is 9.13. The largest absolute Gasteiger partial charge is 0.412 e. The summed E-state index contributed by atoms with van der Waals surface area (Å²) in [5, 5.41) is 1.89. The molecule has 6 rings (SSSR count). The third-order valence-electron chi connectivity index (χ3n) is 8.42. The normalized spacial score (nSPS) is 14.5. The maximum atomic E-state index is 5.61. The lowest BCUT2D eigenvalue weighted by molar-refractivity contribution is -0.469. The molecule has 0 saturated carbocycles. The lowest BCUT2D eigenvalue weighted by Gasteiger charge is -2.44. The first-order valence-electron chi connectivity index (χ1n) is 15.2. The van der Waals surface area contributed by atoms with E-state index in [1.54, 1.807) is 0 Å². The van der Waals surface area contributed by atoms with E-state index in [9.17, 15) is 0 Å². The summed E-state index contributed by atoms with van der Waals surface area (Å²) in [6, 6.07) is 54.1. The fourth-order valence-corrected chi connectivity index (χ4v) is 6.70. The molecule has 0 spiro atoms. The van der Waals surface area contributed by atoms with Crippen molar-refractivity contribution in [1.82, 2.24) is 9.96 Å². The van der Waals surface area contributed by atoms with E-state index >= 15 is 0 Å². The lowest BCUT2D eigenvalue weighted by Crippen LogP contribution is -2.74. The molecular weight excluding hydrogens is 537 g/mol. The van der Waals surface area contributed by atoms with Crippen LogP contribution in [0.2, 0.25) is 0 Å². The smallest absolute Gasteiger partial charge is 0.279 e. The highest BCUT2D eigenvalue weighted by molar-refractivity contribution is 7.19. The maximum Gasteiger partial charge on any atom is 0.279 e. The topological polar surface area (TPSA) is 18.7 Å². The molecule has 5 heteroatoms. The highest BCUT2D eigenvalue weighted by atomic mass is 16.7. The monoisotopic (exact) mass is 579 g/mol. The summed E-state index contributed by atoms with van der Waals surface area (Å²) in [5.74, 6) is 1.15. The van der Waals surface area contributed by atoms with Crippen LogP contribution < -0.4 is 21.9 Å². The van der Waals surface area contributed by atoms with Crippen molar-refractivity contribution < 1.29 is 9.41 Å². The van der Waals surface area contributed by atoms with E-state index in [0.717, 1.165) is 5.84 Å². The molecule has 5 aromatic carbocycles. The second kappa shape index (κ2) is 14.1. The number of rotatable bonds is 6. The van der Waals surface area contributed by atoms with Crippen molar-refractivity contribution in [2.45, 2.75) is 6.04 Å². The molecule has 1 heterocycles. The Bertz CT molecular complexity index is 1510. The second-order valence-electron chi connectivity index (χ2n) is 11.7. The number of likely N-dealkylation sites (N-methyl/N-ethyl adjacent to an activating group) is 2. The van der Waals surface area contributed by atoms with Gasteiger partial charge in [0.05, 0.1) is 28.2 Å². The van der Waals surface area contributed by atoms with Crippen LogP contribution in [0.25, 0.3) is 0 Å². The minimum atomic E-state index is -1.22. The number of benzene rings is 5. The Hall–Kier alpha value is -4.87. The van der Waals surface area contributed by atoms with Crippen LogP contribution in [0.5, 0.6) is 0 Å². The first-order valence-corrected chi connectivity index (χ1v) is 15.2. The zero-order valence-electron chi connectivity index (χ0n) is 26.4. The number of nitrogens with zero attached hydrogens (tertiary/aromatic N) is 3. The van der Waals surface area contributed by atoms with Gasteiger partial charge in [0.15, 0.2) is 0 Å². The molecule has 0 saturated heterocycles. The van der Waals surface area contributed by atoms with Crippen molar-refractivity contribution in [1.29, 1.82) is 0 Å². The molecule has 0 radical (unpaired) electrons. The van der Waals surface area contributed by atoms with Gasteiger partial charge in [0.25, 0.3) is 5.84 Å². The zero-order valence-corrected chi connectivity index (χ0v) is 26.4. The molecule has 44 heavy (non-hydrogen) atoms. The van der Waals surface area contributed by atoms with E-state index < -0.39 is 6.15 Å². The maximum absolute atomic E-state index is 5.61. The van der Waals surface area contributed by atoms with Gasteiger partial charge in [0.1, 0.15) is 24.0 Å². The van der Waals surface area contributed by atoms with Gasteiger partial charge in [-0.05, 0) is 5.56 Å². The highest BCUT2D eigenvalue weighted by Gasteiger charge is 2.36. The van der Waals surface area contributed by atoms with Crippen LogP contribution >= 0.6 is 0 Å². The molecular formula is C39H42BN3O. The van der Waals surface area contributed by atoms with Gasteiger partial charge in [-0.3, -0.25) is 9.48 Å². The van der Waals surface area contributed by atoms with Gasteiger partial charge in [0.2, 0.25) is 0 Å². The number of hydrogen-bond donors (Lipinski definition) is 0. The Morgan fingerprint density at radius 1 is 0.591 bits per heavy atom. The Balaban J connectivity index is 0.000000182. The van der Waals surface area contributed by atoms with Crippen molar-refractivity contribution >= 4 is 33.8 Å². The van der Waals surface area contributed by atoms with E-state index in [1.807, 2.05) is 24.4 Å². The number of hydrogen-bond acceptors (Lipinski definition) is 2. The van der Waals surface area contributed by atoms with E-state index in [4.69, 9.17) is 4.84 Å². The second-order valence-corrected chi connectivity index (χ2v) is 11.7. The summed E-state index contributed by atoms with van der Waals surface area (Å²) in [6.07, 6.45) is 0.625. The van der Waals surface area contributed by atoms with Crippen LogP contribution in [-0.4, -0.2) is 61.8 Å².